The number of thioether (sulfide) groups is 1. The second-order valence-electron chi connectivity index (χ2n) is 5.89. The normalized spacial score (nSPS) is 17.5. The number of fused-ring (bicyclic) bond motifs is 1. The third-order valence-corrected chi connectivity index (χ3v) is 5.18. The van der Waals surface area contributed by atoms with Crippen molar-refractivity contribution in [3.8, 4) is 0 Å². The highest BCUT2D eigenvalue weighted by molar-refractivity contribution is 8.00. The van der Waals surface area contributed by atoms with Gasteiger partial charge in [0, 0.05) is 18.3 Å². The lowest BCUT2D eigenvalue weighted by Gasteiger charge is -2.15. The summed E-state index contributed by atoms with van der Waals surface area (Å²) in [4.78, 5) is 35.0. The Labute approximate surface area is 149 Å². The van der Waals surface area contributed by atoms with Crippen molar-refractivity contribution in [2.75, 3.05) is 4.90 Å². The third-order valence-electron chi connectivity index (χ3n) is 4.12. The second kappa shape index (κ2) is 6.29. The predicted molar refractivity (Wildman–Crippen MR) is 97.5 cm³/mol. The number of hydrogen-bond acceptors (Lipinski definition) is 5. The fourth-order valence-corrected chi connectivity index (χ4v) is 3.90. The molecule has 1 aliphatic rings. The van der Waals surface area contributed by atoms with E-state index in [4.69, 9.17) is 0 Å². The number of carbonyl (C=O) groups is 2. The van der Waals surface area contributed by atoms with Crippen molar-refractivity contribution in [1.29, 1.82) is 0 Å². The molecule has 1 aliphatic heterocycles. The van der Waals surface area contributed by atoms with Crippen LogP contribution in [0, 0.1) is 6.92 Å². The molecule has 1 fully saturated rings. The van der Waals surface area contributed by atoms with Crippen molar-refractivity contribution in [2.45, 2.75) is 23.8 Å². The molecule has 6 heteroatoms. The number of carbonyl (C=O) groups excluding carboxylic acids is 2. The zero-order valence-electron chi connectivity index (χ0n) is 13.5. The lowest BCUT2D eigenvalue weighted by Crippen LogP contribution is -2.31. The highest BCUT2D eigenvalue weighted by atomic mass is 32.2. The lowest BCUT2D eigenvalue weighted by atomic mass is 10.1. The molecule has 124 valence electrons. The largest absolute Gasteiger partial charge is 0.274 e. The van der Waals surface area contributed by atoms with Crippen LogP contribution in [-0.2, 0) is 9.59 Å². The summed E-state index contributed by atoms with van der Waals surface area (Å²) in [7, 11) is 0. The zero-order valence-corrected chi connectivity index (χ0v) is 14.4. The van der Waals surface area contributed by atoms with Gasteiger partial charge in [-0.25, -0.2) is 14.9 Å². The number of aryl methyl sites for hydroxylation is 1. The fourth-order valence-electron chi connectivity index (χ4n) is 2.89. The first kappa shape index (κ1) is 15.8. The summed E-state index contributed by atoms with van der Waals surface area (Å²) >= 11 is 1.25. The number of rotatable bonds is 3. The van der Waals surface area contributed by atoms with Crippen LogP contribution in [0.2, 0.25) is 0 Å². The minimum atomic E-state index is -0.485. The Hall–Kier alpha value is -2.73. The van der Waals surface area contributed by atoms with Gasteiger partial charge >= 0.3 is 0 Å². The quantitative estimate of drug-likeness (QED) is 0.536. The molecule has 1 saturated heterocycles. The van der Waals surface area contributed by atoms with Gasteiger partial charge in [0.15, 0.2) is 5.16 Å². The van der Waals surface area contributed by atoms with E-state index < -0.39 is 5.25 Å². The summed E-state index contributed by atoms with van der Waals surface area (Å²) in [5.41, 5.74) is 1.45. The first-order valence-corrected chi connectivity index (χ1v) is 8.82. The Morgan fingerprint density at radius 2 is 1.88 bits per heavy atom. The van der Waals surface area contributed by atoms with Gasteiger partial charge in [0.2, 0.25) is 11.8 Å². The maximum absolute atomic E-state index is 12.8. The molecule has 25 heavy (non-hydrogen) atoms. The van der Waals surface area contributed by atoms with Gasteiger partial charge in [0.1, 0.15) is 5.25 Å². The van der Waals surface area contributed by atoms with Crippen LogP contribution in [0.5, 0.6) is 0 Å². The summed E-state index contributed by atoms with van der Waals surface area (Å²) in [6, 6.07) is 15.3. The van der Waals surface area contributed by atoms with Crippen molar-refractivity contribution in [3.05, 3.63) is 60.4 Å². The fraction of sp³-hybridized carbons (Fsp3) is 0.158. The van der Waals surface area contributed by atoms with Crippen molar-refractivity contribution in [2.24, 2.45) is 0 Å². The van der Waals surface area contributed by atoms with Crippen LogP contribution in [0.1, 0.15) is 12.1 Å². The van der Waals surface area contributed by atoms with E-state index in [2.05, 4.69) is 9.97 Å². The van der Waals surface area contributed by atoms with Gasteiger partial charge in [-0.2, -0.15) is 0 Å². The van der Waals surface area contributed by atoms with Crippen LogP contribution in [0.3, 0.4) is 0 Å². The summed E-state index contributed by atoms with van der Waals surface area (Å²) in [5, 5.41) is 2.11. The maximum Gasteiger partial charge on any atom is 0.247 e. The van der Waals surface area contributed by atoms with Gasteiger partial charge in [-0.15, -0.1) is 0 Å². The number of hydrogen-bond donors (Lipinski definition) is 0. The number of anilines is 1. The molecule has 2 heterocycles. The van der Waals surface area contributed by atoms with Crippen molar-refractivity contribution < 1.29 is 9.59 Å². The van der Waals surface area contributed by atoms with Crippen molar-refractivity contribution in [3.63, 3.8) is 0 Å². The predicted octanol–water partition coefficient (Wildman–Crippen LogP) is 3.36. The minimum absolute atomic E-state index is 0.160. The molecule has 0 radical (unpaired) electrons. The highest BCUT2D eigenvalue weighted by Crippen LogP contribution is 2.33. The maximum atomic E-state index is 12.8. The van der Waals surface area contributed by atoms with E-state index in [9.17, 15) is 9.59 Å². The molecule has 0 unspecified atom stereocenters. The summed E-state index contributed by atoms with van der Waals surface area (Å²) < 4.78 is 0. The Balaban J connectivity index is 1.62. The first-order valence-electron chi connectivity index (χ1n) is 7.94. The van der Waals surface area contributed by atoms with E-state index in [0.29, 0.717) is 10.8 Å². The summed E-state index contributed by atoms with van der Waals surface area (Å²) in [6.07, 6.45) is 1.82. The number of benzene rings is 2. The third kappa shape index (κ3) is 3.00. The number of amides is 2. The monoisotopic (exact) mass is 349 g/mol. The molecule has 0 saturated carbocycles. The minimum Gasteiger partial charge on any atom is -0.274 e. The smallest absolute Gasteiger partial charge is 0.247 e. The molecule has 2 aromatic carbocycles. The van der Waals surface area contributed by atoms with E-state index in [1.54, 1.807) is 12.3 Å². The molecule has 0 aliphatic carbocycles. The van der Waals surface area contributed by atoms with Gasteiger partial charge in [-0.3, -0.25) is 9.59 Å². The molecular formula is C19H15N3O2S. The van der Waals surface area contributed by atoms with Crippen LogP contribution in [0.25, 0.3) is 10.8 Å². The topological polar surface area (TPSA) is 63.2 Å². The Morgan fingerprint density at radius 1 is 1.08 bits per heavy atom. The van der Waals surface area contributed by atoms with Crippen LogP contribution in [0.4, 0.5) is 5.69 Å². The summed E-state index contributed by atoms with van der Waals surface area (Å²) in [6.45, 7) is 1.87. The highest BCUT2D eigenvalue weighted by Gasteiger charge is 2.40. The van der Waals surface area contributed by atoms with E-state index in [-0.39, 0.29) is 18.2 Å². The molecular weight excluding hydrogens is 334 g/mol. The molecule has 3 aromatic rings. The number of aromatic nitrogens is 2. The number of nitrogens with zero attached hydrogens (tertiary/aromatic N) is 3. The molecule has 0 N–H and O–H groups in total. The SMILES string of the molecule is Cc1ccnc(S[C@H]2CC(=O)N(c3ccc4ccccc4c3)C2=O)n1. The first-order chi connectivity index (χ1) is 12.1. The van der Waals surface area contributed by atoms with Gasteiger partial charge in [-0.05, 0) is 35.9 Å². The molecule has 0 bridgehead atoms. The Kier molecular flexibility index (Phi) is 3.97. The molecule has 5 nitrogen and oxygen atoms in total. The molecule has 1 aromatic heterocycles. The molecule has 1 atom stereocenters. The van der Waals surface area contributed by atoms with Crippen LogP contribution < -0.4 is 4.90 Å². The number of imide groups is 1. The molecule has 0 spiro atoms. The van der Waals surface area contributed by atoms with Crippen molar-refractivity contribution >= 4 is 40.0 Å². The molecule has 4 rings (SSSR count). The van der Waals surface area contributed by atoms with E-state index >= 15 is 0 Å². The van der Waals surface area contributed by atoms with Crippen LogP contribution >= 0.6 is 11.8 Å². The van der Waals surface area contributed by atoms with Gasteiger partial charge in [0.05, 0.1) is 5.69 Å². The average molecular weight is 349 g/mol. The van der Waals surface area contributed by atoms with Crippen LogP contribution in [0.15, 0.2) is 59.9 Å². The van der Waals surface area contributed by atoms with Gasteiger partial charge in [0.25, 0.3) is 0 Å². The van der Waals surface area contributed by atoms with Crippen molar-refractivity contribution in [1.82, 2.24) is 9.97 Å². The lowest BCUT2D eigenvalue weighted by molar-refractivity contribution is -0.121. The van der Waals surface area contributed by atoms with Gasteiger partial charge < -0.3 is 0 Å². The second-order valence-corrected chi connectivity index (χ2v) is 7.06. The van der Waals surface area contributed by atoms with Gasteiger partial charge in [-0.1, -0.05) is 42.1 Å². The van der Waals surface area contributed by atoms with E-state index in [0.717, 1.165) is 16.5 Å². The Morgan fingerprint density at radius 3 is 2.68 bits per heavy atom. The average Bonchev–Trinajstić information content (AvgIpc) is 2.88. The standard InChI is InChI=1S/C19H15N3O2S/c1-12-8-9-20-19(21-12)25-16-11-17(23)22(18(16)24)15-7-6-13-4-2-3-5-14(13)10-15/h2-10,16H,11H2,1H3/t16-/m0/s1. The van der Waals surface area contributed by atoms with E-state index in [1.807, 2.05) is 49.4 Å². The zero-order chi connectivity index (χ0) is 17.4. The van der Waals surface area contributed by atoms with E-state index in [1.165, 1.54) is 16.7 Å². The summed E-state index contributed by atoms with van der Waals surface area (Å²) in [5.74, 6) is -0.402. The Bertz CT molecular complexity index is 989. The van der Waals surface area contributed by atoms with Crippen LogP contribution in [-0.4, -0.2) is 27.0 Å². The molecule has 2 amide bonds.